The van der Waals surface area contributed by atoms with E-state index in [9.17, 15) is 0 Å². The molecule has 9 rings (SSSR count). The summed E-state index contributed by atoms with van der Waals surface area (Å²) in [5.74, 6) is 0.613. The van der Waals surface area contributed by atoms with Gasteiger partial charge >= 0.3 is 0 Å². The van der Waals surface area contributed by atoms with Crippen molar-refractivity contribution in [2.75, 3.05) is 0 Å². The van der Waals surface area contributed by atoms with Gasteiger partial charge in [-0.25, -0.2) is 9.98 Å². The molecule has 0 aliphatic rings. The molecule has 236 valence electrons. The molecule has 50 heavy (non-hydrogen) atoms. The number of hydrogen-bond acceptors (Lipinski definition) is 2. The summed E-state index contributed by atoms with van der Waals surface area (Å²) in [6.45, 7) is 0. The van der Waals surface area contributed by atoms with Crippen LogP contribution in [-0.4, -0.2) is 22.5 Å². The van der Waals surface area contributed by atoms with Crippen molar-refractivity contribution < 1.29 is 4.42 Å². The Morgan fingerprint density at radius 1 is 0.560 bits per heavy atom. The zero-order valence-electron chi connectivity index (χ0n) is 27.0. The van der Waals surface area contributed by atoms with Crippen molar-refractivity contribution in [2.45, 2.75) is 0 Å². The highest BCUT2D eigenvalue weighted by Gasteiger charge is 2.20. The van der Waals surface area contributed by atoms with Crippen LogP contribution in [0.3, 0.4) is 0 Å². The molecular formula is C45H30N4O. The fourth-order valence-corrected chi connectivity index (χ4v) is 6.73. The SMILES string of the molecule is N=C(/N=C(\N=C\c1ccccc1)c1ccc(-n2c3ccc(-c4ccccc4)cc3c3ccc4c5ccccc5oc4c32)cc1)c1ccccc1. The second-order valence-electron chi connectivity index (χ2n) is 12.2. The van der Waals surface area contributed by atoms with Gasteiger partial charge in [-0.15, -0.1) is 0 Å². The maximum atomic E-state index is 8.76. The summed E-state index contributed by atoms with van der Waals surface area (Å²) >= 11 is 0. The van der Waals surface area contributed by atoms with E-state index in [-0.39, 0.29) is 5.84 Å². The first-order chi connectivity index (χ1) is 24.7. The zero-order chi connectivity index (χ0) is 33.4. The van der Waals surface area contributed by atoms with Crippen LogP contribution in [0, 0.1) is 5.41 Å². The number of nitrogens with zero attached hydrogens (tertiary/aromatic N) is 3. The maximum absolute atomic E-state index is 8.76. The van der Waals surface area contributed by atoms with Crippen molar-refractivity contribution in [3.8, 4) is 16.8 Å². The number of aromatic nitrogens is 1. The minimum Gasteiger partial charge on any atom is -0.454 e. The fraction of sp³-hybridized carbons (Fsp3) is 0. The van der Waals surface area contributed by atoms with Crippen LogP contribution >= 0.6 is 0 Å². The van der Waals surface area contributed by atoms with Gasteiger partial charge in [-0.3, -0.25) is 5.41 Å². The molecule has 5 nitrogen and oxygen atoms in total. The largest absolute Gasteiger partial charge is 0.454 e. The number of fused-ring (bicyclic) bond motifs is 7. The standard InChI is InChI=1S/C45H30N4O/c46-44(32-16-8-3-9-17-32)48-45(47-29-30-12-4-1-5-13-30)33-20-23-35(24-21-33)49-40-27-22-34(31-14-6-2-7-15-31)28-39(40)37-25-26-38-36-18-10-11-19-41(36)50-43(38)42(37)49/h1-29,46H/b46-44?,47-29+,48-45-. The topological polar surface area (TPSA) is 66.6 Å². The van der Waals surface area contributed by atoms with Crippen molar-refractivity contribution in [3.05, 3.63) is 187 Å². The van der Waals surface area contributed by atoms with E-state index in [2.05, 4.69) is 83.4 Å². The van der Waals surface area contributed by atoms with Crippen LogP contribution in [0.4, 0.5) is 0 Å². The predicted octanol–water partition coefficient (Wildman–Crippen LogP) is 11.2. The molecule has 0 atom stereocenters. The lowest BCUT2D eigenvalue weighted by molar-refractivity contribution is 0.671. The van der Waals surface area contributed by atoms with Gasteiger partial charge in [0.15, 0.2) is 17.3 Å². The Balaban J connectivity index is 1.22. The van der Waals surface area contributed by atoms with Crippen LogP contribution in [0.25, 0.3) is 60.6 Å². The molecule has 2 heterocycles. The molecule has 0 aliphatic heterocycles. The molecule has 1 N–H and O–H groups in total. The van der Waals surface area contributed by atoms with Gasteiger partial charge < -0.3 is 8.98 Å². The van der Waals surface area contributed by atoms with Gasteiger partial charge in [0, 0.05) is 44.6 Å². The van der Waals surface area contributed by atoms with Crippen LogP contribution in [0.5, 0.6) is 0 Å². The highest BCUT2D eigenvalue weighted by molar-refractivity contribution is 6.22. The molecule has 7 aromatic carbocycles. The summed E-state index contributed by atoms with van der Waals surface area (Å²) in [6.07, 6.45) is 1.79. The number of benzene rings is 7. The van der Waals surface area contributed by atoms with Gasteiger partial charge in [0.2, 0.25) is 0 Å². The van der Waals surface area contributed by atoms with E-state index < -0.39 is 0 Å². The quantitative estimate of drug-likeness (QED) is 0.147. The van der Waals surface area contributed by atoms with E-state index >= 15 is 0 Å². The van der Waals surface area contributed by atoms with Gasteiger partial charge in [0.25, 0.3) is 0 Å². The molecule has 0 bridgehead atoms. The Morgan fingerprint density at radius 3 is 2.02 bits per heavy atom. The summed E-state index contributed by atoms with van der Waals surface area (Å²) in [4.78, 5) is 9.50. The molecule has 0 saturated heterocycles. The molecule has 0 aliphatic carbocycles. The molecular weight excluding hydrogens is 613 g/mol. The van der Waals surface area contributed by atoms with E-state index in [1.807, 2.05) is 91.0 Å². The lowest BCUT2D eigenvalue weighted by Crippen LogP contribution is -2.05. The highest BCUT2D eigenvalue weighted by atomic mass is 16.3. The zero-order valence-corrected chi connectivity index (χ0v) is 27.0. The Hall–Kier alpha value is -6.85. The van der Waals surface area contributed by atoms with Crippen LogP contribution in [-0.2, 0) is 0 Å². The Bertz CT molecular complexity index is 2740. The Kier molecular flexibility index (Phi) is 7.21. The normalized spacial score (nSPS) is 12.1. The predicted molar refractivity (Wildman–Crippen MR) is 207 cm³/mol. The lowest BCUT2D eigenvalue weighted by Gasteiger charge is -2.10. The van der Waals surface area contributed by atoms with Gasteiger partial charge in [-0.2, -0.15) is 0 Å². The molecule has 0 fully saturated rings. The van der Waals surface area contributed by atoms with Crippen molar-refractivity contribution in [2.24, 2.45) is 9.98 Å². The van der Waals surface area contributed by atoms with Crippen molar-refractivity contribution in [3.63, 3.8) is 0 Å². The molecule has 2 aromatic heterocycles. The number of hydrogen-bond donors (Lipinski definition) is 1. The van der Waals surface area contributed by atoms with Crippen LogP contribution in [0.1, 0.15) is 16.7 Å². The van der Waals surface area contributed by atoms with Crippen molar-refractivity contribution >= 4 is 61.6 Å². The lowest BCUT2D eigenvalue weighted by atomic mass is 10.0. The monoisotopic (exact) mass is 642 g/mol. The number of nitrogens with one attached hydrogen (secondary N) is 1. The molecule has 9 aromatic rings. The van der Waals surface area contributed by atoms with E-state index in [4.69, 9.17) is 19.8 Å². The molecule has 0 radical (unpaired) electrons. The molecule has 0 spiro atoms. The first-order valence-corrected chi connectivity index (χ1v) is 16.6. The summed E-state index contributed by atoms with van der Waals surface area (Å²) in [7, 11) is 0. The molecule has 0 saturated carbocycles. The van der Waals surface area contributed by atoms with E-state index in [1.54, 1.807) is 6.21 Å². The summed E-state index contributed by atoms with van der Waals surface area (Å²) in [5, 5.41) is 13.2. The van der Waals surface area contributed by atoms with Gasteiger partial charge in [-0.1, -0.05) is 121 Å². The average Bonchev–Trinajstić information content (AvgIpc) is 3.73. The van der Waals surface area contributed by atoms with Crippen LogP contribution in [0.2, 0.25) is 0 Å². The van der Waals surface area contributed by atoms with Crippen LogP contribution < -0.4 is 0 Å². The Labute approximate surface area is 288 Å². The summed E-state index contributed by atoms with van der Waals surface area (Å²) < 4.78 is 8.91. The van der Waals surface area contributed by atoms with E-state index in [0.29, 0.717) is 5.84 Å². The number of furan rings is 1. The minimum atomic E-state index is 0.152. The van der Waals surface area contributed by atoms with E-state index in [1.165, 1.54) is 5.56 Å². The van der Waals surface area contributed by atoms with Gasteiger partial charge in [0.05, 0.1) is 11.0 Å². The molecule has 0 amide bonds. The smallest absolute Gasteiger partial charge is 0.161 e. The van der Waals surface area contributed by atoms with Gasteiger partial charge in [-0.05, 0) is 65.2 Å². The third-order valence-corrected chi connectivity index (χ3v) is 9.16. The van der Waals surface area contributed by atoms with Crippen molar-refractivity contribution in [1.82, 2.24) is 4.57 Å². The maximum Gasteiger partial charge on any atom is 0.161 e. The molecule has 5 heteroatoms. The molecule has 0 unspecified atom stereocenters. The first-order valence-electron chi connectivity index (χ1n) is 16.6. The average molecular weight is 643 g/mol. The Morgan fingerprint density at radius 2 is 1.24 bits per heavy atom. The van der Waals surface area contributed by atoms with E-state index in [0.717, 1.165) is 71.7 Å². The number of amidine groups is 2. The summed E-state index contributed by atoms with van der Waals surface area (Å²) in [5.41, 5.74) is 9.65. The first kappa shape index (κ1) is 29.3. The van der Waals surface area contributed by atoms with Crippen molar-refractivity contribution in [1.29, 1.82) is 5.41 Å². The fourth-order valence-electron chi connectivity index (χ4n) is 6.73. The summed E-state index contributed by atoms with van der Waals surface area (Å²) in [6, 6.07) is 57.5. The number of aliphatic imine (C=N–C) groups is 2. The number of rotatable bonds is 5. The second kappa shape index (κ2) is 12.3. The number of para-hydroxylation sites is 1. The van der Waals surface area contributed by atoms with Gasteiger partial charge in [0.1, 0.15) is 5.58 Å². The van der Waals surface area contributed by atoms with Crippen LogP contribution in [0.15, 0.2) is 184 Å². The minimum absolute atomic E-state index is 0.152. The highest BCUT2D eigenvalue weighted by Crippen LogP contribution is 2.41. The third-order valence-electron chi connectivity index (χ3n) is 9.16. The second-order valence-corrected chi connectivity index (χ2v) is 12.2. The third kappa shape index (κ3) is 5.18.